The third-order valence-corrected chi connectivity index (χ3v) is 2.90. The molecule has 2 aromatic carbocycles. The maximum absolute atomic E-state index is 9.82. The zero-order valence-corrected chi connectivity index (χ0v) is 11.4. The molecule has 0 heterocycles. The van der Waals surface area contributed by atoms with Gasteiger partial charge < -0.3 is 9.90 Å². The maximum atomic E-state index is 9.82. The van der Waals surface area contributed by atoms with E-state index in [1.54, 1.807) is 6.92 Å². The van der Waals surface area contributed by atoms with E-state index in [1.807, 2.05) is 19.1 Å². The van der Waals surface area contributed by atoms with Crippen LogP contribution in [0.25, 0.3) is 11.1 Å². The van der Waals surface area contributed by atoms with E-state index in [2.05, 4.69) is 48.5 Å². The van der Waals surface area contributed by atoms with Gasteiger partial charge in [0.05, 0.1) is 0 Å². The molecule has 19 heavy (non-hydrogen) atoms. The Balaban J connectivity index is 0.000000224. The molecule has 2 rings (SSSR count). The van der Waals surface area contributed by atoms with Crippen molar-refractivity contribution >= 4 is 5.97 Å². The second kappa shape index (κ2) is 8.09. The minimum Gasteiger partial charge on any atom is -0.550 e. The Morgan fingerprint density at radius 1 is 0.947 bits per heavy atom. The summed E-state index contributed by atoms with van der Waals surface area (Å²) in [6, 6.07) is 20.8. The van der Waals surface area contributed by atoms with Crippen LogP contribution in [0.3, 0.4) is 0 Å². The highest BCUT2D eigenvalue weighted by Gasteiger charge is 1.94. The molecule has 0 amide bonds. The van der Waals surface area contributed by atoms with Crippen LogP contribution in [0.2, 0.25) is 0 Å². The lowest BCUT2D eigenvalue weighted by atomic mass is 10.1. The highest BCUT2D eigenvalue weighted by molar-refractivity contribution is 5.66. The van der Waals surface area contributed by atoms with Gasteiger partial charge in [-0.2, -0.15) is 0 Å². The summed E-state index contributed by atoms with van der Waals surface area (Å²) in [7, 11) is 0. The van der Waals surface area contributed by atoms with Crippen molar-refractivity contribution in [1.82, 2.24) is 0 Å². The molecular weight excluding hydrogens is 236 g/mol. The topological polar surface area (TPSA) is 40.1 Å². The van der Waals surface area contributed by atoms with Gasteiger partial charge in [0.15, 0.2) is 0 Å². The summed E-state index contributed by atoms with van der Waals surface area (Å²) in [6.07, 6.45) is 0.655. The van der Waals surface area contributed by atoms with E-state index >= 15 is 0 Å². The van der Waals surface area contributed by atoms with Crippen molar-refractivity contribution in [2.75, 3.05) is 0 Å². The fourth-order valence-corrected chi connectivity index (χ4v) is 1.43. The highest BCUT2D eigenvalue weighted by Crippen LogP contribution is 2.17. The third kappa shape index (κ3) is 5.38. The minimum absolute atomic E-state index is 0.292. The summed E-state index contributed by atoms with van der Waals surface area (Å²) < 4.78 is 0. The normalized spacial score (nSPS) is 11.1. The Bertz CT molecular complexity index is 440. The number of carboxylic acid groups (broad SMARTS) is 1. The van der Waals surface area contributed by atoms with Gasteiger partial charge in [-0.25, -0.2) is 0 Å². The molecule has 0 N–H and O–H groups in total. The number of carbonyl (C=O) groups excluding carboxylic acids is 1. The van der Waals surface area contributed by atoms with Crippen LogP contribution < -0.4 is 5.11 Å². The fourth-order valence-electron chi connectivity index (χ4n) is 1.43. The zero-order valence-electron chi connectivity index (χ0n) is 11.4. The molecule has 0 radical (unpaired) electrons. The molecule has 0 aliphatic carbocycles. The van der Waals surface area contributed by atoms with Crippen LogP contribution in [0.15, 0.2) is 60.7 Å². The lowest BCUT2D eigenvalue weighted by Crippen LogP contribution is -2.28. The second-order valence-corrected chi connectivity index (χ2v) is 4.36. The summed E-state index contributed by atoms with van der Waals surface area (Å²) in [4.78, 5) is 9.82. The van der Waals surface area contributed by atoms with Crippen LogP contribution >= 0.6 is 0 Å². The summed E-state index contributed by atoms with van der Waals surface area (Å²) >= 11 is 0. The van der Waals surface area contributed by atoms with Gasteiger partial charge in [0.2, 0.25) is 0 Å². The van der Waals surface area contributed by atoms with Gasteiger partial charge >= 0.3 is 0 Å². The molecule has 0 saturated carbocycles. The molecule has 100 valence electrons. The monoisotopic (exact) mass is 255 g/mol. The molecule has 0 saturated heterocycles. The molecule has 2 aromatic rings. The molecule has 0 bridgehead atoms. The lowest BCUT2D eigenvalue weighted by molar-refractivity contribution is -0.311. The molecule has 1 unspecified atom stereocenters. The van der Waals surface area contributed by atoms with Crippen molar-refractivity contribution in [1.29, 1.82) is 0 Å². The van der Waals surface area contributed by atoms with E-state index in [9.17, 15) is 9.90 Å². The second-order valence-electron chi connectivity index (χ2n) is 4.36. The predicted molar refractivity (Wildman–Crippen MR) is 76.3 cm³/mol. The minimum atomic E-state index is -0.956. The van der Waals surface area contributed by atoms with E-state index < -0.39 is 5.97 Å². The number of benzene rings is 2. The number of carbonyl (C=O) groups is 1. The number of hydrogen-bond acceptors (Lipinski definition) is 2. The van der Waals surface area contributed by atoms with Crippen LogP contribution in [-0.4, -0.2) is 5.97 Å². The first-order valence-corrected chi connectivity index (χ1v) is 6.46. The Labute approximate surface area is 114 Å². The van der Waals surface area contributed by atoms with Crippen molar-refractivity contribution in [3.8, 4) is 11.1 Å². The first-order valence-electron chi connectivity index (χ1n) is 6.46. The summed E-state index contributed by atoms with van der Waals surface area (Å²) in [5, 5.41) is 9.82. The fraction of sp³-hybridized carbons (Fsp3) is 0.235. The van der Waals surface area contributed by atoms with Gasteiger partial charge in [-0.1, -0.05) is 74.5 Å². The molecule has 1 atom stereocenters. The molecule has 0 spiro atoms. The first kappa shape index (κ1) is 15.0. The zero-order chi connectivity index (χ0) is 14.1. The van der Waals surface area contributed by atoms with E-state index in [0.717, 1.165) is 0 Å². The van der Waals surface area contributed by atoms with E-state index in [1.165, 1.54) is 11.1 Å². The average molecular weight is 255 g/mol. The van der Waals surface area contributed by atoms with Crippen LogP contribution in [-0.2, 0) is 4.79 Å². The van der Waals surface area contributed by atoms with Gasteiger partial charge in [0.1, 0.15) is 0 Å². The molecule has 0 aromatic heterocycles. The lowest BCUT2D eigenvalue weighted by Gasteiger charge is -2.06. The SMILES string of the molecule is CCC(C)C(=O)[O-].c1ccc(-c2ccccc2)cc1. The van der Waals surface area contributed by atoms with Crippen LogP contribution in [0.4, 0.5) is 0 Å². The summed E-state index contributed by atoms with van der Waals surface area (Å²) in [5.41, 5.74) is 2.55. The van der Waals surface area contributed by atoms with Crippen molar-refractivity contribution in [3.05, 3.63) is 60.7 Å². The molecule has 0 aliphatic heterocycles. The maximum Gasteiger partial charge on any atom is 0.0442 e. The number of rotatable bonds is 3. The van der Waals surface area contributed by atoms with Gasteiger partial charge in [0, 0.05) is 5.97 Å². The molecular formula is C17H19O2-. The Hall–Kier alpha value is -2.09. The molecule has 2 nitrogen and oxygen atoms in total. The summed E-state index contributed by atoms with van der Waals surface area (Å²) in [6.45, 7) is 3.45. The molecule has 0 fully saturated rings. The quantitative estimate of drug-likeness (QED) is 0.845. The predicted octanol–water partition coefficient (Wildman–Crippen LogP) is 3.14. The Morgan fingerprint density at radius 2 is 1.32 bits per heavy atom. The van der Waals surface area contributed by atoms with Gasteiger partial charge in [-0.3, -0.25) is 0 Å². The Morgan fingerprint density at radius 3 is 1.53 bits per heavy atom. The standard InChI is InChI=1S/C12H10.C5H10O2/c1-3-7-11(8-4-1)12-9-5-2-6-10-12;1-3-4(2)5(6)7/h1-10H;4H,3H2,1-2H3,(H,6,7)/p-1. The van der Waals surface area contributed by atoms with Gasteiger partial charge in [0.25, 0.3) is 0 Å². The van der Waals surface area contributed by atoms with Crippen LogP contribution in [0.1, 0.15) is 20.3 Å². The largest absolute Gasteiger partial charge is 0.550 e. The number of carboxylic acids is 1. The van der Waals surface area contributed by atoms with Crippen molar-refractivity contribution in [2.45, 2.75) is 20.3 Å². The van der Waals surface area contributed by atoms with Crippen molar-refractivity contribution < 1.29 is 9.90 Å². The van der Waals surface area contributed by atoms with Crippen LogP contribution in [0.5, 0.6) is 0 Å². The Kier molecular flexibility index (Phi) is 6.37. The molecule has 0 aliphatic rings. The van der Waals surface area contributed by atoms with E-state index in [4.69, 9.17) is 0 Å². The number of aliphatic carboxylic acids is 1. The van der Waals surface area contributed by atoms with E-state index in [-0.39, 0.29) is 5.92 Å². The van der Waals surface area contributed by atoms with E-state index in [0.29, 0.717) is 6.42 Å². The van der Waals surface area contributed by atoms with Gasteiger partial charge in [-0.15, -0.1) is 0 Å². The van der Waals surface area contributed by atoms with Crippen LogP contribution in [0, 0.1) is 5.92 Å². The van der Waals surface area contributed by atoms with Crippen molar-refractivity contribution in [3.63, 3.8) is 0 Å². The smallest absolute Gasteiger partial charge is 0.0442 e. The number of hydrogen-bond donors (Lipinski definition) is 0. The first-order chi connectivity index (χ1) is 9.15. The average Bonchev–Trinajstić information content (AvgIpc) is 2.49. The highest BCUT2D eigenvalue weighted by atomic mass is 16.4. The van der Waals surface area contributed by atoms with Crippen molar-refractivity contribution in [2.24, 2.45) is 5.92 Å². The van der Waals surface area contributed by atoms with Gasteiger partial charge in [-0.05, 0) is 23.5 Å². The summed E-state index contributed by atoms with van der Waals surface area (Å²) in [5.74, 6) is -1.25. The molecule has 2 heteroatoms. The third-order valence-electron chi connectivity index (χ3n) is 2.90.